The molecular weight excluding hydrogens is 521 g/mol. The number of thiophene rings is 1. The summed E-state index contributed by atoms with van der Waals surface area (Å²) in [7, 11) is 0. The number of guanidine groups is 1. The molecule has 8 heteroatoms. The van der Waals surface area contributed by atoms with Crippen LogP contribution < -0.4 is 16.2 Å². The molecule has 0 amide bonds. The largest absolute Gasteiger partial charge is 0.357 e. The van der Waals surface area contributed by atoms with E-state index in [2.05, 4.69) is 40.0 Å². The summed E-state index contributed by atoms with van der Waals surface area (Å²) in [6, 6.07) is 10.2. The van der Waals surface area contributed by atoms with Gasteiger partial charge in [-0.2, -0.15) is 0 Å². The topological polar surface area (TPSA) is 61.7 Å². The molecule has 1 unspecified atom stereocenters. The molecule has 0 bridgehead atoms. The molecule has 2 N–H and O–H groups in total. The summed E-state index contributed by atoms with van der Waals surface area (Å²) in [6.45, 7) is 9.64. The van der Waals surface area contributed by atoms with Crippen LogP contribution in [0.1, 0.15) is 49.2 Å². The minimum absolute atomic E-state index is 0. The molecule has 0 aromatic carbocycles. The van der Waals surface area contributed by atoms with Gasteiger partial charge in [-0.15, -0.1) is 35.3 Å². The van der Waals surface area contributed by atoms with E-state index in [0.717, 1.165) is 50.7 Å². The summed E-state index contributed by atoms with van der Waals surface area (Å²) in [4.78, 5) is 20.8. The molecule has 31 heavy (non-hydrogen) atoms. The van der Waals surface area contributed by atoms with Gasteiger partial charge in [0.05, 0.1) is 12.6 Å². The lowest BCUT2D eigenvalue weighted by Gasteiger charge is -2.25. The molecule has 1 atom stereocenters. The maximum Gasteiger partial charge on any atom is 0.250 e. The van der Waals surface area contributed by atoms with Crippen LogP contribution in [0.5, 0.6) is 0 Å². The maximum absolute atomic E-state index is 12.0. The molecule has 1 fully saturated rings. The molecule has 0 radical (unpaired) electrons. The standard InChI is InChI=1S/C23H35N5OS.HI/c1-3-24-23(25-13-4-5-16-28-19(2)10-8-12-22(28)29)26-18-20(21-11-9-17-30-21)27-14-6-7-15-27;/h8-12,17,20H,3-7,13-16,18H2,1-2H3,(H2,24,25,26);1H. The average molecular weight is 558 g/mol. The van der Waals surface area contributed by atoms with E-state index in [1.165, 1.54) is 30.8 Å². The lowest BCUT2D eigenvalue weighted by atomic mass is 10.2. The third-order valence-corrected chi connectivity index (χ3v) is 6.56. The molecule has 6 nitrogen and oxygen atoms in total. The zero-order valence-corrected chi connectivity index (χ0v) is 21.8. The zero-order valence-electron chi connectivity index (χ0n) is 18.7. The number of aliphatic imine (C=N–C) groups is 1. The third kappa shape index (κ3) is 7.91. The summed E-state index contributed by atoms with van der Waals surface area (Å²) >= 11 is 1.83. The number of aryl methyl sites for hydroxylation is 1. The van der Waals surface area contributed by atoms with E-state index in [0.29, 0.717) is 6.04 Å². The van der Waals surface area contributed by atoms with Crippen molar-refractivity contribution in [2.45, 2.75) is 52.1 Å². The van der Waals surface area contributed by atoms with Gasteiger partial charge in [-0.05, 0) is 70.1 Å². The highest BCUT2D eigenvalue weighted by atomic mass is 127. The molecular formula is C23H36IN5OS. The van der Waals surface area contributed by atoms with Crippen molar-refractivity contribution in [3.05, 3.63) is 56.6 Å². The molecule has 0 aliphatic carbocycles. The molecule has 3 heterocycles. The average Bonchev–Trinajstić information content (AvgIpc) is 3.44. The van der Waals surface area contributed by atoms with Crippen LogP contribution in [0.25, 0.3) is 0 Å². The quantitative estimate of drug-likeness (QED) is 0.201. The molecule has 2 aromatic heterocycles. The number of nitrogens with one attached hydrogen (secondary N) is 2. The molecule has 2 aromatic rings. The molecule has 172 valence electrons. The van der Waals surface area contributed by atoms with Crippen molar-refractivity contribution in [1.82, 2.24) is 20.1 Å². The minimum Gasteiger partial charge on any atom is -0.357 e. The van der Waals surface area contributed by atoms with Crippen molar-refractivity contribution in [2.24, 2.45) is 4.99 Å². The first-order valence-corrected chi connectivity index (χ1v) is 12.0. The third-order valence-electron chi connectivity index (χ3n) is 5.59. The number of hydrogen-bond donors (Lipinski definition) is 2. The van der Waals surface area contributed by atoms with Gasteiger partial charge in [0.1, 0.15) is 0 Å². The minimum atomic E-state index is 0. The van der Waals surface area contributed by atoms with E-state index in [1.807, 2.05) is 35.0 Å². The van der Waals surface area contributed by atoms with Crippen molar-refractivity contribution in [1.29, 1.82) is 0 Å². The second-order valence-corrected chi connectivity index (χ2v) is 8.76. The SMILES string of the molecule is CCNC(=NCC(c1cccs1)N1CCCC1)NCCCCn1c(C)cccc1=O.I. The highest BCUT2D eigenvalue weighted by molar-refractivity contribution is 14.0. The Labute approximate surface area is 207 Å². The highest BCUT2D eigenvalue weighted by Gasteiger charge is 2.24. The van der Waals surface area contributed by atoms with E-state index in [9.17, 15) is 4.79 Å². The van der Waals surface area contributed by atoms with Crippen LogP contribution in [0.2, 0.25) is 0 Å². The van der Waals surface area contributed by atoms with Gasteiger partial charge in [0.2, 0.25) is 0 Å². The van der Waals surface area contributed by atoms with Crippen molar-refractivity contribution in [2.75, 3.05) is 32.7 Å². The number of unbranched alkanes of at least 4 members (excludes halogenated alkanes) is 1. The Morgan fingerprint density at radius 1 is 1.16 bits per heavy atom. The molecule has 1 aliphatic heterocycles. The fourth-order valence-corrected chi connectivity index (χ4v) is 4.80. The van der Waals surface area contributed by atoms with Gasteiger partial charge < -0.3 is 15.2 Å². The molecule has 3 rings (SSSR count). The number of hydrogen-bond acceptors (Lipinski definition) is 4. The summed E-state index contributed by atoms with van der Waals surface area (Å²) in [5.41, 5.74) is 1.10. The van der Waals surface area contributed by atoms with Crippen LogP contribution in [-0.2, 0) is 6.54 Å². The number of pyridine rings is 1. The lowest BCUT2D eigenvalue weighted by Crippen LogP contribution is -2.39. The lowest BCUT2D eigenvalue weighted by molar-refractivity contribution is 0.255. The van der Waals surface area contributed by atoms with Gasteiger partial charge in [0.25, 0.3) is 5.56 Å². The van der Waals surface area contributed by atoms with E-state index in [4.69, 9.17) is 4.99 Å². The predicted molar refractivity (Wildman–Crippen MR) is 142 cm³/mol. The number of aromatic nitrogens is 1. The van der Waals surface area contributed by atoms with Gasteiger partial charge in [-0.1, -0.05) is 12.1 Å². The summed E-state index contributed by atoms with van der Waals surface area (Å²) in [5.74, 6) is 0.881. The van der Waals surface area contributed by atoms with Crippen LogP contribution in [0, 0.1) is 6.92 Å². The van der Waals surface area contributed by atoms with Crippen molar-refractivity contribution in [3.8, 4) is 0 Å². The fraction of sp³-hybridized carbons (Fsp3) is 0.565. The Kier molecular flexibility index (Phi) is 11.6. The van der Waals surface area contributed by atoms with Crippen molar-refractivity contribution >= 4 is 41.3 Å². The van der Waals surface area contributed by atoms with Crippen molar-refractivity contribution < 1.29 is 0 Å². The second-order valence-electron chi connectivity index (χ2n) is 7.78. The van der Waals surface area contributed by atoms with Gasteiger partial charge >= 0.3 is 0 Å². The monoisotopic (exact) mass is 557 g/mol. The van der Waals surface area contributed by atoms with E-state index in [1.54, 1.807) is 6.07 Å². The van der Waals surface area contributed by atoms with Gasteiger partial charge in [0.15, 0.2) is 5.96 Å². The Morgan fingerprint density at radius 2 is 1.97 bits per heavy atom. The smallest absolute Gasteiger partial charge is 0.250 e. The first-order chi connectivity index (χ1) is 14.7. The Balaban J connectivity index is 0.00000341. The normalized spacial score (nSPS) is 15.5. The summed E-state index contributed by atoms with van der Waals surface area (Å²) in [6.07, 6.45) is 4.52. The molecule has 1 saturated heterocycles. The number of likely N-dealkylation sites (tertiary alicyclic amines) is 1. The molecule has 0 saturated carbocycles. The highest BCUT2D eigenvalue weighted by Crippen LogP contribution is 2.28. The van der Waals surface area contributed by atoms with E-state index < -0.39 is 0 Å². The van der Waals surface area contributed by atoms with Crippen LogP contribution in [0.4, 0.5) is 0 Å². The fourth-order valence-electron chi connectivity index (χ4n) is 3.95. The van der Waals surface area contributed by atoms with E-state index in [-0.39, 0.29) is 29.5 Å². The number of nitrogens with zero attached hydrogens (tertiary/aromatic N) is 3. The van der Waals surface area contributed by atoms with E-state index >= 15 is 0 Å². The second kappa shape index (κ2) is 13.9. The van der Waals surface area contributed by atoms with Crippen LogP contribution >= 0.6 is 35.3 Å². The maximum atomic E-state index is 12.0. The van der Waals surface area contributed by atoms with Crippen LogP contribution in [0.15, 0.2) is 45.5 Å². The first kappa shape index (κ1) is 25.9. The van der Waals surface area contributed by atoms with Crippen LogP contribution in [0.3, 0.4) is 0 Å². The number of rotatable bonds is 10. The summed E-state index contributed by atoms with van der Waals surface area (Å²) < 4.78 is 1.85. The van der Waals surface area contributed by atoms with Crippen molar-refractivity contribution in [3.63, 3.8) is 0 Å². The Morgan fingerprint density at radius 3 is 2.65 bits per heavy atom. The first-order valence-electron chi connectivity index (χ1n) is 11.1. The molecule has 0 spiro atoms. The number of halogens is 1. The van der Waals surface area contributed by atoms with Gasteiger partial charge in [-0.25, -0.2) is 0 Å². The Hall–Kier alpha value is -1.39. The predicted octanol–water partition coefficient (Wildman–Crippen LogP) is 4.01. The van der Waals surface area contributed by atoms with Gasteiger partial charge in [0, 0.05) is 36.3 Å². The zero-order chi connectivity index (χ0) is 21.2. The Bertz CT molecular complexity index is 846. The van der Waals surface area contributed by atoms with Crippen LogP contribution in [-0.4, -0.2) is 48.2 Å². The molecule has 1 aliphatic rings. The summed E-state index contributed by atoms with van der Waals surface area (Å²) in [5, 5.41) is 8.99. The van der Waals surface area contributed by atoms with Gasteiger partial charge in [-0.3, -0.25) is 14.7 Å².